The standard InChI is InChI=1S/C13H17N3/c1-8-5-9(2)7-12(6-8)16-11(4)13(14)10(3)15-16/h5-7H,14H2,1-4H3. The van der Waals surface area contributed by atoms with Crippen LogP contribution in [-0.2, 0) is 0 Å². The number of rotatable bonds is 1. The number of benzene rings is 1. The molecule has 0 unspecified atom stereocenters. The molecule has 0 spiro atoms. The number of hydrogen-bond donors (Lipinski definition) is 1. The molecule has 0 saturated heterocycles. The molecule has 2 N–H and O–H groups in total. The van der Waals surface area contributed by atoms with Crippen molar-refractivity contribution in [2.24, 2.45) is 0 Å². The fourth-order valence-corrected chi connectivity index (χ4v) is 1.98. The Hall–Kier alpha value is -1.77. The van der Waals surface area contributed by atoms with Crippen LogP contribution in [0.4, 0.5) is 5.69 Å². The molecule has 3 nitrogen and oxygen atoms in total. The van der Waals surface area contributed by atoms with Gasteiger partial charge in [-0.2, -0.15) is 5.10 Å². The van der Waals surface area contributed by atoms with E-state index in [1.165, 1.54) is 11.1 Å². The van der Waals surface area contributed by atoms with Gasteiger partial charge in [0.2, 0.25) is 0 Å². The molecule has 2 rings (SSSR count). The Labute approximate surface area is 95.9 Å². The molecule has 0 fully saturated rings. The lowest BCUT2D eigenvalue weighted by Crippen LogP contribution is -2.00. The number of anilines is 1. The minimum Gasteiger partial charge on any atom is -0.396 e. The number of nitrogens with zero attached hydrogens (tertiary/aromatic N) is 2. The van der Waals surface area contributed by atoms with Gasteiger partial charge in [-0.1, -0.05) is 6.07 Å². The van der Waals surface area contributed by atoms with Gasteiger partial charge in [0.15, 0.2) is 0 Å². The van der Waals surface area contributed by atoms with Crippen LogP contribution in [0.5, 0.6) is 0 Å². The summed E-state index contributed by atoms with van der Waals surface area (Å²) in [5.41, 5.74) is 12.2. The van der Waals surface area contributed by atoms with Crippen molar-refractivity contribution >= 4 is 5.69 Å². The lowest BCUT2D eigenvalue weighted by Gasteiger charge is -2.07. The van der Waals surface area contributed by atoms with Crippen LogP contribution in [0, 0.1) is 27.7 Å². The first-order chi connectivity index (χ1) is 7.49. The van der Waals surface area contributed by atoms with Crippen LogP contribution >= 0.6 is 0 Å². The van der Waals surface area contributed by atoms with E-state index in [9.17, 15) is 0 Å². The van der Waals surface area contributed by atoms with Crippen molar-refractivity contribution in [3.8, 4) is 5.69 Å². The van der Waals surface area contributed by atoms with E-state index in [0.29, 0.717) is 0 Å². The molecule has 2 aromatic rings. The van der Waals surface area contributed by atoms with Crippen LogP contribution in [0.2, 0.25) is 0 Å². The van der Waals surface area contributed by atoms with E-state index in [4.69, 9.17) is 5.73 Å². The summed E-state index contributed by atoms with van der Waals surface area (Å²) >= 11 is 0. The van der Waals surface area contributed by atoms with E-state index >= 15 is 0 Å². The van der Waals surface area contributed by atoms with Crippen LogP contribution in [0.3, 0.4) is 0 Å². The topological polar surface area (TPSA) is 43.8 Å². The highest BCUT2D eigenvalue weighted by Crippen LogP contribution is 2.21. The Bertz CT molecular complexity index is 518. The molecule has 16 heavy (non-hydrogen) atoms. The molecular weight excluding hydrogens is 198 g/mol. The van der Waals surface area contributed by atoms with E-state index in [1.807, 2.05) is 18.5 Å². The third-order valence-electron chi connectivity index (χ3n) is 2.80. The van der Waals surface area contributed by atoms with Gasteiger partial charge in [0, 0.05) is 0 Å². The maximum atomic E-state index is 5.93. The average molecular weight is 215 g/mol. The third kappa shape index (κ3) is 1.69. The summed E-state index contributed by atoms with van der Waals surface area (Å²) in [5, 5.41) is 4.45. The number of aromatic nitrogens is 2. The molecule has 1 aromatic heterocycles. The molecule has 1 aromatic carbocycles. The van der Waals surface area contributed by atoms with Crippen molar-refractivity contribution < 1.29 is 0 Å². The zero-order valence-electron chi connectivity index (χ0n) is 10.2. The Kier molecular flexibility index (Phi) is 2.46. The quantitative estimate of drug-likeness (QED) is 0.794. The maximum Gasteiger partial charge on any atom is 0.0830 e. The fraction of sp³-hybridized carbons (Fsp3) is 0.308. The Morgan fingerprint density at radius 2 is 1.56 bits per heavy atom. The molecule has 0 bridgehead atoms. The van der Waals surface area contributed by atoms with Crippen LogP contribution in [0.1, 0.15) is 22.5 Å². The molecule has 0 atom stereocenters. The molecule has 84 valence electrons. The highest BCUT2D eigenvalue weighted by molar-refractivity contribution is 5.51. The number of nitrogen functional groups attached to an aromatic ring is 1. The molecule has 0 radical (unpaired) electrons. The van der Waals surface area contributed by atoms with Gasteiger partial charge in [-0.15, -0.1) is 0 Å². The van der Waals surface area contributed by atoms with Gasteiger partial charge in [-0.3, -0.25) is 0 Å². The van der Waals surface area contributed by atoms with Crippen molar-refractivity contribution in [2.45, 2.75) is 27.7 Å². The minimum atomic E-state index is 0.777. The van der Waals surface area contributed by atoms with Crippen molar-refractivity contribution in [2.75, 3.05) is 5.73 Å². The molecule has 0 aliphatic carbocycles. The predicted molar refractivity (Wildman–Crippen MR) is 66.9 cm³/mol. The summed E-state index contributed by atoms with van der Waals surface area (Å²) in [6.07, 6.45) is 0. The van der Waals surface area contributed by atoms with Crippen LogP contribution in [0.25, 0.3) is 5.69 Å². The van der Waals surface area contributed by atoms with E-state index in [-0.39, 0.29) is 0 Å². The zero-order valence-corrected chi connectivity index (χ0v) is 10.2. The highest BCUT2D eigenvalue weighted by Gasteiger charge is 2.09. The molecule has 0 amide bonds. The summed E-state index contributed by atoms with van der Waals surface area (Å²) < 4.78 is 1.91. The third-order valence-corrected chi connectivity index (χ3v) is 2.80. The van der Waals surface area contributed by atoms with Crippen molar-refractivity contribution in [3.63, 3.8) is 0 Å². The van der Waals surface area contributed by atoms with E-state index in [2.05, 4.69) is 37.1 Å². The van der Waals surface area contributed by atoms with Crippen LogP contribution in [-0.4, -0.2) is 9.78 Å². The van der Waals surface area contributed by atoms with E-state index in [0.717, 1.165) is 22.8 Å². The molecule has 0 aliphatic heterocycles. The van der Waals surface area contributed by atoms with Gasteiger partial charge in [-0.05, 0) is 51.0 Å². The first kappa shape index (κ1) is 10.7. The number of nitrogens with two attached hydrogens (primary N) is 1. The van der Waals surface area contributed by atoms with E-state index in [1.54, 1.807) is 0 Å². The van der Waals surface area contributed by atoms with Gasteiger partial charge in [-0.25, -0.2) is 4.68 Å². The van der Waals surface area contributed by atoms with Crippen molar-refractivity contribution in [3.05, 3.63) is 40.7 Å². The van der Waals surface area contributed by atoms with Gasteiger partial charge in [0.05, 0.1) is 22.8 Å². The van der Waals surface area contributed by atoms with E-state index < -0.39 is 0 Å². The fourth-order valence-electron chi connectivity index (χ4n) is 1.98. The van der Waals surface area contributed by atoms with Gasteiger partial charge >= 0.3 is 0 Å². The predicted octanol–water partition coefficient (Wildman–Crippen LogP) is 2.69. The summed E-state index contributed by atoms with van der Waals surface area (Å²) in [7, 11) is 0. The van der Waals surface area contributed by atoms with Gasteiger partial charge < -0.3 is 5.73 Å². The van der Waals surface area contributed by atoms with Crippen LogP contribution in [0.15, 0.2) is 18.2 Å². The maximum absolute atomic E-state index is 5.93. The second-order valence-electron chi connectivity index (χ2n) is 4.34. The molecule has 0 saturated carbocycles. The van der Waals surface area contributed by atoms with Gasteiger partial charge in [0.1, 0.15) is 0 Å². The largest absolute Gasteiger partial charge is 0.396 e. The SMILES string of the molecule is Cc1cc(C)cc(-n2nc(C)c(N)c2C)c1. The summed E-state index contributed by atoms with van der Waals surface area (Å²) in [4.78, 5) is 0. The van der Waals surface area contributed by atoms with Gasteiger partial charge in [0.25, 0.3) is 0 Å². The summed E-state index contributed by atoms with van der Waals surface area (Å²) in [6.45, 7) is 8.10. The Balaban J connectivity index is 2.62. The summed E-state index contributed by atoms with van der Waals surface area (Å²) in [6, 6.07) is 6.39. The van der Waals surface area contributed by atoms with Crippen molar-refractivity contribution in [1.29, 1.82) is 0 Å². The Morgan fingerprint density at radius 3 is 2.00 bits per heavy atom. The Morgan fingerprint density at radius 1 is 1.00 bits per heavy atom. The molecule has 1 heterocycles. The second kappa shape index (κ2) is 3.67. The smallest absolute Gasteiger partial charge is 0.0830 e. The number of hydrogen-bond acceptors (Lipinski definition) is 2. The first-order valence-electron chi connectivity index (χ1n) is 5.39. The minimum absolute atomic E-state index is 0.777. The molecular formula is C13H17N3. The van der Waals surface area contributed by atoms with Crippen LogP contribution < -0.4 is 5.73 Å². The van der Waals surface area contributed by atoms with Crippen molar-refractivity contribution in [1.82, 2.24) is 9.78 Å². The molecule has 3 heteroatoms. The lowest BCUT2D eigenvalue weighted by molar-refractivity contribution is 0.831. The normalized spacial score (nSPS) is 10.8. The number of aryl methyl sites for hydroxylation is 3. The first-order valence-corrected chi connectivity index (χ1v) is 5.39. The monoisotopic (exact) mass is 215 g/mol. The second-order valence-corrected chi connectivity index (χ2v) is 4.34. The summed E-state index contributed by atoms with van der Waals surface area (Å²) in [5.74, 6) is 0. The zero-order chi connectivity index (χ0) is 11.9. The average Bonchev–Trinajstić information content (AvgIpc) is 2.44. The highest BCUT2D eigenvalue weighted by atomic mass is 15.3. The molecule has 0 aliphatic rings. The lowest BCUT2D eigenvalue weighted by atomic mass is 10.1.